The van der Waals surface area contributed by atoms with E-state index < -0.39 is 0 Å². The number of hydrogen-bond acceptors (Lipinski definition) is 4. The van der Waals surface area contributed by atoms with Gasteiger partial charge in [-0.25, -0.2) is 0 Å². The predicted molar refractivity (Wildman–Crippen MR) is 49.1 cm³/mol. The van der Waals surface area contributed by atoms with Crippen LogP contribution < -0.4 is 5.73 Å². The zero-order valence-electron chi connectivity index (χ0n) is 6.87. The zero-order chi connectivity index (χ0) is 8.97. The van der Waals surface area contributed by atoms with Gasteiger partial charge in [0.05, 0.1) is 13.0 Å². The van der Waals surface area contributed by atoms with Gasteiger partial charge >= 0.3 is 5.97 Å². The van der Waals surface area contributed by atoms with E-state index in [2.05, 4.69) is 0 Å². The van der Waals surface area contributed by atoms with Crippen LogP contribution in [-0.2, 0) is 16.0 Å². The zero-order valence-corrected chi connectivity index (χ0v) is 7.69. The lowest BCUT2D eigenvalue weighted by molar-refractivity contribution is -0.142. The standard InChI is InChI=1S/C8H11NO2S/c1-2-11-8(10)3-6-4-12-5-7(6)9/h4-5H,2-3,9H2,1H3. The summed E-state index contributed by atoms with van der Waals surface area (Å²) in [4.78, 5) is 11.0. The van der Waals surface area contributed by atoms with Gasteiger partial charge in [0.2, 0.25) is 0 Å². The van der Waals surface area contributed by atoms with Crippen molar-refractivity contribution in [2.75, 3.05) is 12.3 Å². The third-order valence-corrected chi connectivity index (χ3v) is 2.23. The fourth-order valence-corrected chi connectivity index (χ4v) is 1.59. The van der Waals surface area contributed by atoms with E-state index in [9.17, 15) is 4.79 Å². The van der Waals surface area contributed by atoms with Crippen molar-refractivity contribution >= 4 is 23.0 Å². The molecule has 66 valence electrons. The van der Waals surface area contributed by atoms with Gasteiger partial charge in [0.15, 0.2) is 0 Å². The third kappa shape index (κ3) is 2.23. The van der Waals surface area contributed by atoms with Gasteiger partial charge < -0.3 is 10.5 Å². The summed E-state index contributed by atoms with van der Waals surface area (Å²) >= 11 is 1.49. The molecule has 4 heteroatoms. The summed E-state index contributed by atoms with van der Waals surface area (Å²) in [7, 11) is 0. The highest BCUT2D eigenvalue weighted by Crippen LogP contribution is 2.17. The largest absolute Gasteiger partial charge is 0.466 e. The van der Waals surface area contributed by atoms with Crippen LogP contribution >= 0.6 is 11.3 Å². The first-order valence-corrected chi connectivity index (χ1v) is 4.64. The molecule has 1 heterocycles. The summed E-state index contributed by atoms with van der Waals surface area (Å²) < 4.78 is 4.78. The number of thiophene rings is 1. The van der Waals surface area contributed by atoms with Gasteiger partial charge in [-0.1, -0.05) is 0 Å². The fourth-order valence-electron chi connectivity index (χ4n) is 0.844. The Morgan fingerprint density at radius 1 is 1.67 bits per heavy atom. The monoisotopic (exact) mass is 185 g/mol. The lowest BCUT2D eigenvalue weighted by atomic mass is 10.2. The van der Waals surface area contributed by atoms with Gasteiger partial charge in [0.25, 0.3) is 0 Å². The first kappa shape index (κ1) is 9.06. The van der Waals surface area contributed by atoms with E-state index in [1.807, 2.05) is 10.8 Å². The lowest BCUT2D eigenvalue weighted by Crippen LogP contribution is -2.07. The molecule has 0 radical (unpaired) electrons. The minimum absolute atomic E-state index is 0.220. The van der Waals surface area contributed by atoms with Crippen LogP contribution in [0.15, 0.2) is 10.8 Å². The van der Waals surface area contributed by atoms with Crippen LogP contribution in [0.3, 0.4) is 0 Å². The van der Waals surface area contributed by atoms with Crippen molar-refractivity contribution in [3.8, 4) is 0 Å². The average molecular weight is 185 g/mol. The summed E-state index contributed by atoms with van der Waals surface area (Å²) in [6, 6.07) is 0. The van der Waals surface area contributed by atoms with Crippen LogP contribution in [0, 0.1) is 0 Å². The van der Waals surface area contributed by atoms with Crippen LogP contribution in [0.25, 0.3) is 0 Å². The van der Waals surface area contributed by atoms with E-state index in [1.165, 1.54) is 11.3 Å². The quantitative estimate of drug-likeness (QED) is 0.725. The maximum atomic E-state index is 11.0. The molecule has 0 bridgehead atoms. The SMILES string of the molecule is CCOC(=O)Cc1cscc1N. The molecule has 1 aromatic heterocycles. The molecule has 0 saturated carbocycles. The smallest absolute Gasteiger partial charge is 0.310 e. The lowest BCUT2D eigenvalue weighted by Gasteiger charge is -2.00. The molecule has 0 fully saturated rings. The number of esters is 1. The minimum Gasteiger partial charge on any atom is -0.466 e. The Bertz CT molecular complexity index is 270. The Labute approximate surface area is 75.1 Å². The van der Waals surface area contributed by atoms with Gasteiger partial charge in [-0.3, -0.25) is 4.79 Å². The Hall–Kier alpha value is -1.03. The summed E-state index contributed by atoms with van der Waals surface area (Å²) in [5, 5.41) is 3.68. The third-order valence-electron chi connectivity index (χ3n) is 1.42. The molecular weight excluding hydrogens is 174 g/mol. The highest BCUT2D eigenvalue weighted by molar-refractivity contribution is 7.08. The second-order valence-electron chi connectivity index (χ2n) is 2.33. The number of nitrogens with two attached hydrogens (primary N) is 1. The van der Waals surface area contributed by atoms with E-state index in [0.717, 1.165) is 5.56 Å². The first-order chi connectivity index (χ1) is 5.74. The number of carbonyl (C=O) groups excluding carboxylic acids is 1. The summed E-state index contributed by atoms with van der Waals surface area (Å²) in [6.07, 6.45) is 0.281. The van der Waals surface area contributed by atoms with E-state index in [0.29, 0.717) is 12.3 Å². The Morgan fingerprint density at radius 2 is 2.42 bits per heavy atom. The molecular formula is C8H11NO2S. The molecule has 1 rings (SSSR count). The Morgan fingerprint density at radius 3 is 2.92 bits per heavy atom. The Kier molecular flexibility index (Phi) is 3.10. The number of nitrogen functional groups attached to an aromatic ring is 1. The van der Waals surface area contributed by atoms with Crippen LogP contribution in [0.2, 0.25) is 0 Å². The molecule has 0 amide bonds. The van der Waals surface area contributed by atoms with Crippen molar-refractivity contribution in [3.63, 3.8) is 0 Å². The van der Waals surface area contributed by atoms with E-state index >= 15 is 0 Å². The molecule has 0 spiro atoms. The fraction of sp³-hybridized carbons (Fsp3) is 0.375. The normalized spacial score (nSPS) is 9.75. The molecule has 2 N–H and O–H groups in total. The summed E-state index contributed by atoms with van der Waals surface area (Å²) in [6.45, 7) is 2.21. The maximum absolute atomic E-state index is 11.0. The number of hydrogen-bond donors (Lipinski definition) is 1. The molecule has 1 aromatic rings. The molecule has 0 atom stereocenters. The minimum atomic E-state index is -0.220. The molecule has 0 aliphatic heterocycles. The number of ether oxygens (including phenoxy) is 1. The van der Waals surface area contributed by atoms with Crippen molar-refractivity contribution in [3.05, 3.63) is 16.3 Å². The second-order valence-corrected chi connectivity index (χ2v) is 3.08. The second kappa shape index (κ2) is 4.11. The van der Waals surface area contributed by atoms with Crippen LogP contribution in [0.4, 0.5) is 5.69 Å². The number of anilines is 1. The van der Waals surface area contributed by atoms with Gasteiger partial charge in [-0.15, -0.1) is 11.3 Å². The van der Waals surface area contributed by atoms with Crippen molar-refractivity contribution < 1.29 is 9.53 Å². The summed E-state index contributed by atoms with van der Waals surface area (Å²) in [5.41, 5.74) is 7.12. The van der Waals surface area contributed by atoms with Crippen LogP contribution in [0.1, 0.15) is 12.5 Å². The van der Waals surface area contributed by atoms with Gasteiger partial charge in [0, 0.05) is 11.1 Å². The predicted octanol–water partition coefficient (Wildman–Crippen LogP) is 1.44. The van der Waals surface area contributed by atoms with Gasteiger partial charge in [-0.2, -0.15) is 0 Å². The maximum Gasteiger partial charge on any atom is 0.310 e. The van der Waals surface area contributed by atoms with Gasteiger partial charge in [0.1, 0.15) is 0 Å². The van der Waals surface area contributed by atoms with Crippen molar-refractivity contribution in [1.29, 1.82) is 0 Å². The first-order valence-electron chi connectivity index (χ1n) is 3.70. The van der Waals surface area contributed by atoms with E-state index in [4.69, 9.17) is 10.5 Å². The molecule has 3 nitrogen and oxygen atoms in total. The number of carbonyl (C=O) groups is 1. The molecule has 12 heavy (non-hydrogen) atoms. The molecule has 0 aliphatic rings. The molecule has 0 unspecified atom stereocenters. The Balaban J connectivity index is 2.52. The topological polar surface area (TPSA) is 52.3 Å². The number of rotatable bonds is 3. The van der Waals surface area contributed by atoms with Gasteiger partial charge in [-0.05, 0) is 17.9 Å². The highest BCUT2D eigenvalue weighted by Gasteiger charge is 2.06. The molecule has 0 aliphatic carbocycles. The van der Waals surface area contributed by atoms with E-state index in [1.54, 1.807) is 6.92 Å². The summed E-state index contributed by atoms with van der Waals surface area (Å²) in [5.74, 6) is -0.220. The van der Waals surface area contributed by atoms with Crippen LogP contribution in [0.5, 0.6) is 0 Å². The molecule has 0 aromatic carbocycles. The van der Waals surface area contributed by atoms with Crippen molar-refractivity contribution in [2.45, 2.75) is 13.3 Å². The molecule has 0 saturated heterocycles. The highest BCUT2D eigenvalue weighted by atomic mass is 32.1. The van der Waals surface area contributed by atoms with Crippen molar-refractivity contribution in [1.82, 2.24) is 0 Å². The average Bonchev–Trinajstić information content (AvgIpc) is 2.37. The van der Waals surface area contributed by atoms with Crippen molar-refractivity contribution in [2.24, 2.45) is 0 Å². The van der Waals surface area contributed by atoms with Crippen LogP contribution in [-0.4, -0.2) is 12.6 Å². The van der Waals surface area contributed by atoms with E-state index in [-0.39, 0.29) is 12.4 Å².